The number of hydrogen-bond acceptors (Lipinski definition) is 4. The van der Waals surface area contributed by atoms with Crippen LogP contribution in [0.5, 0.6) is 0 Å². The number of nitrogens with one attached hydrogen (secondary N) is 1. The first-order valence-corrected chi connectivity index (χ1v) is 9.39. The van der Waals surface area contributed by atoms with Gasteiger partial charge in [0.15, 0.2) is 5.13 Å². The normalized spacial score (nSPS) is 14.6. The van der Waals surface area contributed by atoms with Crippen molar-refractivity contribution in [2.75, 3.05) is 23.3 Å². The second kappa shape index (κ2) is 6.32. The minimum absolute atomic E-state index is 0.0212. The average molecular weight is 372 g/mol. The Bertz CT molecular complexity index is 962. The smallest absolute Gasteiger partial charge is 0.231 e. The number of thiazole rings is 1. The topological polar surface area (TPSA) is 45.2 Å². The Morgan fingerprint density at radius 1 is 1.28 bits per heavy atom. The predicted molar refractivity (Wildman–Crippen MR) is 105 cm³/mol. The predicted octanol–water partition coefficient (Wildman–Crippen LogP) is 4.64. The second-order valence-electron chi connectivity index (χ2n) is 6.47. The Morgan fingerprint density at radius 3 is 2.88 bits per heavy atom. The summed E-state index contributed by atoms with van der Waals surface area (Å²) >= 11 is 7.79. The zero-order valence-electron chi connectivity index (χ0n) is 14.0. The molecule has 1 aromatic heterocycles. The summed E-state index contributed by atoms with van der Waals surface area (Å²) in [5.41, 5.74) is 3.94. The van der Waals surface area contributed by atoms with Crippen molar-refractivity contribution in [3.8, 4) is 0 Å². The fourth-order valence-corrected chi connectivity index (χ4v) is 4.19. The van der Waals surface area contributed by atoms with Crippen LogP contribution in [0.25, 0.3) is 10.2 Å². The molecule has 1 aliphatic rings. The van der Waals surface area contributed by atoms with E-state index in [2.05, 4.69) is 40.3 Å². The molecule has 0 radical (unpaired) electrons. The van der Waals surface area contributed by atoms with Crippen molar-refractivity contribution in [2.45, 2.75) is 13.8 Å². The van der Waals surface area contributed by atoms with E-state index in [1.165, 1.54) is 10.3 Å². The lowest BCUT2D eigenvalue weighted by molar-refractivity contribution is -0.120. The van der Waals surface area contributed by atoms with E-state index in [1.807, 2.05) is 25.1 Å². The van der Waals surface area contributed by atoms with Gasteiger partial charge in [-0.2, -0.15) is 0 Å². The highest BCUT2D eigenvalue weighted by Crippen LogP contribution is 2.34. The Morgan fingerprint density at radius 2 is 2.08 bits per heavy atom. The lowest BCUT2D eigenvalue weighted by Crippen LogP contribution is -2.52. The van der Waals surface area contributed by atoms with Crippen molar-refractivity contribution in [3.05, 3.63) is 52.5 Å². The Balaban J connectivity index is 1.42. The van der Waals surface area contributed by atoms with Gasteiger partial charge in [0.1, 0.15) is 0 Å². The van der Waals surface area contributed by atoms with E-state index in [0.717, 1.165) is 21.9 Å². The highest BCUT2D eigenvalue weighted by atomic mass is 35.5. The maximum atomic E-state index is 12.5. The van der Waals surface area contributed by atoms with Gasteiger partial charge in [0, 0.05) is 23.8 Å². The Labute approximate surface area is 155 Å². The van der Waals surface area contributed by atoms with E-state index in [-0.39, 0.29) is 11.8 Å². The third-order valence-corrected chi connectivity index (χ3v) is 6.07. The number of benzene rings is 2. The number of aryl methyl sites for hydroxylation is 1. The van der Waals surface area contributed by atoms with E-state index < -0.39 is 0 Å². The van der Waals surface area contributed by atoms with Crippen LogP contribution in [0.4, 0.5) is 10.8 Å². The fourth-order valence-electron chi connectivity index (χ4n) is 2.93. The van der Waals surface area contributed by atoms with Crippen molar-refractivity contribution in [2.24, 2.45) is 5.92 Å². The molecule has 0 atom stereocenters. The number of anilines is 2. The summed E-state index contributed by atoms with van der Waals surface area (Å²) in [5, 5.41) is 4.65. The summed E-state index contributed by atoms with van der Waals surface area (Å²) in [6.07, 6.45) is 0. The number of carbonyl (C=O) groups is 1. The SMILES string of the molecule is Cc1ccc2nc(N3CC(C(=O)Nc4cccc(Cl)c4C)C3)sc2c1. The largest absolute Gasteiger partial charge is 0.346 e. The third-order valence-electron chi connectivity index (χ3n) is 4.58. The summed E-state index contributed by atoms with van der Waals surface area (Å²) in [6, 6.07) is 11.8. The molecule has 1 N–H and O–H groups in total. The maximum absolute atomic E-state index is 12.5. The molecule has 1 saturated heterocycles. The number of amides is 1. The van der Waals surface area contributed by atoms with Crippen LogP contribution in [-0.2, 0) is 4.79 Å². The molecule has 4 rings (SSSR count). The molecule has 0 saturated carbocycles. The molecular formula is C19H18ClN3OS. The number of nitrogens with zero attached hydrogens (tertiary/aromatic N) is 2. The van der Waals surface area contributed by atoms with Crippen molar-refractivity contribution in [1.29, 1.82) is 0 Å². The molecule has 2 heterocycles. The van der Waals surface area contributed by atoms with Gasteiger partial charge in [0.25, 0.3) is 0 Å². The quantitative estimate of drug-likeness (QED) is 0.729. The fraction of sp³-hybridized carbons (Fsp3) is 0.263. The van der Waals surface area contributed by atoms with E-state index in [9.17, 15) is 4.79 Å². The second-order valence-corrected chi connectivity index (χ2v) is 7.89. The number of rotatable bonds is 3. The first-order chi connectivity index (χ1) is 12.0. The number of aromatic nitrogens is 1. The van der Waals surface area contributed by atoms with Gasteiger partial charge in [-0.05, 0) is 49.2 Å². The molecule has 0 aliphatic carbocycles. The molecule has 0 unspecified atom stereocenters. The van der Waals surface area contributed by atoms with Crippen LogP contribution in [0.1, 0.15) is 11.1 Å². The van der Waals surface area contributed by atoms with Crippen molar-refractivity contribution in [1.82, 2.24) is 4.98 Å². The van der Waals surface area contributed by atoms with Crippen LogP contribution < -0.4 is 10.2 Å². The average Bonchev–Trinajstić information content (AvgIpc) is 2.92. The highest BCUT2D eigenvalue weighted by molar-refractivity contribution is 7.22. The summed E-state index contributed by atoms with van der Waals surface area (Å²) < 4.78 is 1.19. The van der Waals surface area contributed by atoms with Gasteiger partial charge < -0.3 is 10.2 Å². The molecule has 0 bridgehead atoms. The number of halogens is 1. The molecule has 1 amide bonds. The minimum atomic E-state index is -0.0212. The Hall–Kier alpha value is -2.11. The molecule has 3 aromatic rings. The maximum Gasteiger partial charge on any atom is 0.231 e. The minimum Gasteiger partial charge on any atom is -0.346 e. The standard InChI is InChI=1S/C19H18ClN3OS/c1-11-6-7-16-17(8-11)25-19(22-16)23-9-13(10-23)18(24)21-15-5-3-4-14(20)12(15)2/h3-8,13H,9-10H2,1-2H3,(H,21,24). The summed E-state index contributed by atoms with van der Waals surface area (Å²) in [6.45, 7) is 5.39. The zero-order valence-corrected chi connectivity index (χ0v) is 15.6. The van der Waals surface area contributed by atoms with Gasteiger partial charge in [-0.3, -0.25) is 4.79 Å². The number of fused-ring (bicyclic) bond motifs is 1. The van der Waals surface area contributed by atoms with E-state index in [1.54, 1.807) is 11.3 Å². The third kappa shape index (κ3) is 3.10. The van der Waals surface area contributed by atoms with E-state index in [0.29, 0.717) is 18.1 Å². The van der Waals surface area contributed by atoms with Crippen LogP contribution in [0, 0.1) is 19.8 Å². The molecule has 2 aromatic carbocycles. The molecule has 128 valence electrons. The first kappa shape index (κ1) is 16.4. The molecule has 1 aliphatic heterocycles. The van der Waals surface area contributed by atoms with Gasteiger partial charge in [-0.25, -0.2) is 4.98 Å². The monoisotopic (exact) mass is 371 g/mol. The van der Waals surface area contributed by atoms with Crippen LogP contribution in [0.3, 0.4) is 0 Å². The lowest BCUT2D eigenvalue weighted by Gasteiger charge is -2.38. The summed E-state index contributed by atoms with van der Waals surface area (Å²) in [4.78, 5) is 19.3. The number of carbonyl (C=O) groups excluding carboxylic acids is 1. The highest BCUT2D eigenvalue weighted by Gasteiger charge is 2.34. The van der Waals surface area contributed by atoms with E-state index >= 15 is 0 Å². The Kier molecular flexibility index (Phi) is 4.13. The lowest BCUT2D eigenvalue weighted by atomic mass is 9.99. The van der Waals surface area contributed by atoms with Crippen LogP contribution >= 0.6 is 22.9 Å². The summed E-state index contributed by atoms with van der Waals surface area (Å²) in [7, 11) is 0. The summed E-state index contributed by atoms with van der Waals surface area (Å²) in [5.74, 6) is 0.0192. The van der Waals surface area contributed by atoms with Crippen molar-refractivity contribution < 1.29 is 4.79 Å². The molecule has 4 nitrogen and oxygen atoms in total. The van der Waals surface area contributed by atoms with Crippen molar-refractivity contribution in [3.63, 3.8) is 0 Å². The van der Waals surface area contributed by atoms with Crippen LogP contribution in [-0.4, -0.2) is 24.0 Å². The van der Waals surface area contributed by atoms with Crippen molar-refractivity contribution >= 4 is 49.9 Å². The zero-order chi connectivity index (χ0) is 17.6. The van der Waals surface area contributed by atoms with Gasteiger partial charge in [0.05, 0.1) is 16.1 Å². The molecule has 0 spiro atoms. The molecule has 25 heavy (non-hydrogen) atoms. The van der Waals surface area contributed by atoms with Crippen LogP contribution in [0.15, 0.2) is 36.4 Å². The first-order valence-electron chi connectivity index (χ1n) is 8.19. The van der Waals surface area contributed by atoms with Crippen LogP contribution in [0.2, 0.25) is 5.02 Å². The van der Waals surface area contributed by atoms with Gasteiger partial charge in [-0.1, -0.05) is 35.1 Å². The van der Waals surface area contributed by atoms with Gasteiger partial charge >= 0.3 is 0 Å². The van der Waals surface area contributed by atoms with Gasteiger partial charge in [-0.15, -0.1) is 0 Å². The van der Waals surface area contributed by atoms with Gasteiger partial charge in [0.2, 0.25) is 5.91 Å². The van der Waals surface area contributed by atoms with E-state index in [4.69, 9.17) is 11.6 Å². The molecule has 6 heteroatoms. The number of hydrogen-bond donors (Lipinski definition) is 1. The molecule has 1 fully saturated rings. The molecular weight excluding hydrogens is 354 g/mol.